The second-order valence-electron chi connectivity index (χ2n) is 5.93. The molecule has 2 heterocycles. The van der Waals surface area contributed by atoms with Gasteiger partial charge in [-0.25, -0.2) is 0 Å². The van der Waals surface area contributed by atoms with E-state index in [1.807, 2.05) is 0 Å². The van der Waals surface area contributed by atoms with E-state index in [2.05, 4.69) is 29.6 Å². The molecular formula is C17H25NO2. The van der Waals surface area contributed by atoms with Crippen LogP contribution in [-0.2, 0) is 11.2 Å². The van der Waals surface area contributed by atoms with Gasteiger partial charge in [0.2, 0.25) is 0 Å². The zero-order valence-electron chi connectivity index (χ0n) is 12.1. The lowest BCUT2D eigenvalue weighted by Crippen LogP contribution is -2.29. The molecule has 110 valence electrons. The Bertz CT molecular complexity index is 370. The molecule has 2 aliphatic heterocycles. The fraction of sp³-hybridized carbons (Fsp3) is 0.647. The van der Waals surface area contributed by atoms with Crippen molar-refractivity contribution < 1.29 is 9.47 Å². The van der Waals surface area contributed by atoms with Crippen LogP contribution in [0, 0.1) is 5.92 Å². The van der Waals surface area contributed by atoms with Gasteiger partial charge in [0, 0.05) is 12.8 Å². The zero-order valence-corrected chi connectivity index (χ0v) is 12.1. The normalized spacial score (nSPS) is 21.8. The minimum Gasteiger partial charge on any atom is -0.490 e. The van der Waals surface area contributed by atoms with Gasteiger partial charge in [-0.2, -0.15) is 0 Å². The largest absolute Gasteiger partial charge is 0.490 e. The van der Waals surface area contributed by atoms with Crippen molar-refractivity contribution in [2.24, 2.45) is 5.92 Å². The summed E-state index contributed by atoms with van der Waals surface area (Å²) >= 11 is 0. The molecule has 0 unspecified atom stereocenters. The summed E-state index contributed by atoms with van der Waals surface area (Å²) in [6.07, 6.45) is 6.08. The van der Waals surface area contributed by atoms with E-state index in [9.17, 15) is 0 Å². The standard InChI is InChI=1S/C17H25NO2/c1-2-4-17(20-16-7-11-19-12-8-16)15(3-1)13-14-5-9-18-10-6-14/h1-4,14,16,18H,5-13H2. The Morgan fingerprint density at radius 3 is 2.60 bits per heavy atom. The molecule has 3 nitrogen and oxygen atoms in total. The third-order valence-corrected chi connectivity index (χ3v) is 4.40. The van der Waals surface area contributed by atoms with Crippen molar-refractivity contribution in [3.8, 4) is 5.75 Å². The lowest BCUT2D eigenvalue weighted by atomic mass is 9.90. The van der Waals surface area contributed by atoms with Gasteiger partial charge in [-0.3, -0.25) is 0 Å². The highest BCUT2D eigenvalue weighted by atomic mass is 16.5. The zero-order chi connectivity index (χ0) is 13.6. The molecule has 0 saturated carbocycles. The van der Waals surface area contributed by atoms with Gasteiger partial charge in [0.25, 0.3) is 0 Å². The number of nitrogens with one attached hydrogen (secondary N) is 1. The van der Waals surface area contributed by atoms with Crippen LogP contribution in [0.25, 0.3) is 0 Å². The molecule has 1 aromatic carbocycles. The van der Waals surface area contributed by atoms with Crippen molar-refractivity contribution in [2.75, 3.05) is 26.3 Å². The van der Waals surface area contributed by atoms with Crippen LogP contribution in [0.3, 0.4) is 0 Å². The van der Waals surface area contributed by atoms with E-state index in [-0.39, 0.29) is 0 Å². The molecule has 0 bridgehead atoms. The number of hydrogen-bond donors (Lipinski definition) is 1. The van der Waals surface area contributed by atoms with E-state index in [1.54, 1.807) is 0 Å². The van der Waals surface area contributed by atoms with Gasteiger partial charge < -0.3 is 14.8 Å². The van der Waals surface area contributed by atoms with E-state index in [0.717, 1.165) is 57.2 Å². The monoisotopic (exact) mass is 275 g/mol. The van der Waals surface area contributed by atoms with Crippen LogP contribution >= 0.6 is 0 Å². The molecule has 3 rings (SSSR count). The number of piperidine rings is 1. The number of ether oxygens (including phenoxy) is 2. The first kappa shape index (κ1) is 13.9. The summed E-state index contributed by atoms with van der Waals surface area (Å²) in [4.78, 5) is 0. The van der Waals surface area contributed by atoms with E-state index < -0.39 is 0 Å². The summed E-state index contributed by atoms with van der Waals surface area (Å²) in [7, 11) is 0. The Balaban J connectivity index is 1.63. The predicted molar refractivity (Wildman–Crippen MR) is 80.2 cm³/mol. The van der Waals surface area contributed by atoms with Crippen molar-refractivity contribution in [2.45, 2.75) is 38.2 Å². The Kier molecular flexibility index (Phi) is 4.93. The maximum atomic E-state index is 6.23. The Hall–Kier alpha value is -1.06. The molecule has 0 radical (unpaired) electrons. The molecule has 0 atom stereocenters. The molecule has 0 amide bonds. The SMILES string of the molecule is c1ccc(OC2CCOCC2)c(CC2CCNCC2)c1. The highest BCUT2D eigenvalue weighted by molar-refractivity contribution is 5.34. The summed E-state index contributed by atoms with van der Waals surface area (Å²) < 4.78 is 11.6. The Morgan fingerprint density at radius 1 is 1.05 bits per heavy atom. The van der Waals surface area contributed by atoms with E-state index in [1.165, 1.54) is 18.4 Å². The first-order valence-electron chi connectivity index (χ1n) is 7.95. The third-order valence-electron chi connectivity index (χ3n) is 4.40. The quantitative estimate of drug-likeness (QED) is 0.916. The van der Waals surface area contributed by atoms with E-state index in [4.69, 9.17) is 9.47 Å². The molecular weight excluding hydrogens is 250 g/mol. The van der Waals surface area contributed by atoms with Crippen LogP contribution in [0.15, 0.2) is 24.3 Å². The smallest absolute Gasteiger partial charge is 0.122 e. The fourth-order valence-electron chi connectivity index (χ4n) is 3.16. The van der Waals surface area contributed by atoms with Gasteiger partial charge in [-0.15, -0.1) is 0 Å². The molecule has 0 aromatic heterocycles. The van der Waals surface area contributed by atoms with Crippen LogP contribution in [0.2, 0.25) is 0 Å². The van der Waals surface area contributed by atoms with Crippen LogP contribution in [0.5, 0.6) is 5.75 Å². The third kappa shape index (κ3) is 3.74. The fourth-order valence-corrected chi connectivity index (χ4v) is 3.16. The van der Waals surface area contributed by atoms with Gasteiger partial charge in [0.1, 0.15) is 11.9 Å². The molecule has 2 aliphatic rings. The van der Waals surface area contributed by atoms with Crippen LogP contribution in [-0.4, -0.2) is 32.4 Å². The highest BCUT2D eigenvalue weighted by Gasteiger charge is 2.19. The van der Waals surface area contributed by atoms with Gasteiger partial charge >= 0.3 is 0 Å². The molecule has 20 heavy (non-hydrogen) atoms. The number of para-hydroxylation sites is 1. The first-order valence-corrected chi connectivity index (χ1v) is 7.95. The average Bonchev–Trinajstić information content (AvgIpc) is 2.51. The maximum Gasteiger partial charge on any atom is 0.122 e. The topological polar surface area (TPSA) is 30.5 Å². The number of rotatable bonds is 4. The summed E-state index contributed by atoms with van der Waals surface area (Å²) in [5.74, 6) is 1.90. The van der Waals surface area contributed by atoms with Gasteiger partial charge in [0.15, 0.2) is 0 Å². The van der Waals surface area contributed by atoms with Crippen molar-refractivity contribution in [1.29, 1.82) is 0 Å². The Labute approximate surface area is 121 Å². The molecule has 2 saturated heterocycles. The van der Waals surface area contributed by atoms with Gasteiger partial charge in [-0.1, -0.05) is 18.2 Å². The maximum absolute atomic E-state index is 6.23. The highest BCUT2D eigenvalue weighted by Crippen LogP contribution is 2.27. The molecule has 3 heteroatoms. The van der Waals surface area contributed by atoms with Gasteiger partial charge in [0.05, 0.1) is 13.2 Å². The van der Waals surface area contributed by atoms with Crippen molar-refractivity contribution in [1.82, 2.24) is 5.32 Å². The molecule has 2 fully saturated rings. The predicted octanol–water partition coefficient (Wildman–Crippen LogP) is 2.79. The molecule has 0 aliphatic carbocycles. The van der Waals surface area contributed by atoms with Gasteiger partial charge in [-0.05, 0) is 49.9 Å². The summed E-state index contributed by atoms with van der Waals surface area (Å²) in [6, 6.07) is 8.58. The summed E-state index contributed by atoms with van der Waals surface area (Å²) in [5.41, 5.74) is 1.38. The second-order valence-corrected chi connectivity index (χ2v) is 5.93. The van der Waals surface area contributed by atoms with Crippen molar-refractivity contribution >= 4 is 0 Å². The first-order chi connectivity index (χ1) is 9.92. The molecule has 1 aromatic rings. The van der Waals surface area contributed by atoms with Crippen LogP contribution in [0.4, 0.5) is 0 Å². The summed E-state index contributed by atoms with van der Waals surface area (Å²) in [6.45, 7) is 3.99. The van der Waals surface area contributed by atoms with Crippen molar-refractivity contribution in [3.63, 3.8) is 0 Å². The summed E-state index contributed by atoms with van der Waals surface area (Å²) in [5, 5.41) is 3.44. The average molecular weight is 275 g/mol. The van der Waals surface area contributed by atoms with E-state index >= 15 is 0 Å². The van der Waals surface area contributed by atoms with E-state index in [0.29, 0.717) is 6.10 Å². The van der Waals surface area contributed by atoms with Crippen molar-refractivity contribution in [3.05, 3.63) is 29.8 Å². The second kappa shape index (κ2) is 7.09. The minimum absolute atomic E-state index is 0.331. The molecule has 1 N–H and O–H groups in total. The Morgan fingerprint density at radius 2 is 1.80 bits per heavy atom. The lowest BCUT2D eigenvalue weighted by Gasteiger charge is -2.26. The van der Waals surface area contributed by atoms with Crippen LogP contribution < -0.4 is 10.1 Å². The number of hydrogen-bond acceptors (Lipinski definition) is 3. The minimum atomic E-state index is 0.331. The number of benzene rings is 1. The lowest BCUT2D eigenvalue weighted by molar-refractivity contribution is 0.0251. The molecule has 0 spiro atoms. The van der Waals surface area contributed by atoms with Crippen LogP contribution in [0.1, 0.15) is 31.2 Å².